The summed E-state index contributed by atoms with van der Waals surface area (Å²) in [6.07, 6.45) is 1.38. The third-order valence-corrected chi connectivity index (χ3v) is 5.26. The summed E-state index contributed by atoms with van der Waals surface area (Å²) in [6.45, 7) is 9.85. The summed E-state index contributed by atoms with van der Waals surface area (Å²) in [7, 11) is 3.31. The van der Waals surface area contributed by atoms with E-state index in [0.29, 0.717) is 5.75 Å². The SMILES string of the molecule is Cc1cc(CC[C@@H](C)N[S@+]([O-])C(C)(C)C)ccc1OC(=O)N(C)C. The Labute approximate surface area is 149 Å². The Kier molecular flexibility index (Phi) is 7.57. The molecular formula is C18H30N2O3S. The first-order valence-electron chi connectivity index (χ1n) is 8.17. The molecule has 1 aromatic carbocycles. The number of hydrogen-bond acceptors (Lipinski definition) is 4. The van der Waals surface area contributed by atoms with E-state index >= 15 is 0 Å². The second-order valence-corrected chi connectivity index (χ2v) is 9.30. The lowest BCUT2D eigenvalue weighted by atomic mass is 10.0. The number of aryl methyl sites for hydroxylation is 2. The summed E-state index contributed by atoms with van der Waals surface area (Å²) in [6, 6.07) is 6.00. The summed E-state index contributed by atoms with van der Waals surface area (Å²) in [5, 5.41) is 0. The number of nitrogens with one attached hydrogen (secondary N) is 1. The van der Waals surface area contributed by atoms with Crippen LogP contribution in [0.15, 0.2) is 18.2 Å². The first-order valence-corrected chi connectivity index (χ1v) is 9.32. The van der Waals surface area contributed by atoms with Gasteiger partial charge in [-0.05, 0) is 64.7 Å². The first-order chi connectivity index (χ1) is 11.0. The van der Waals surface area contributed by atoms with Crippen molar-refractivity contribution < 1.29 is 14.1 Å². The maximum atomic E-state index is 12.1. The van der Waals surface area contributed by atoms with Crippen LogP contribution in [0.25, 0.3) is 0 Å². The lowest BCUT2D eigenvalue weighted by Crippen LogP contribution is -2.43. The van der Waals surface area contributed by atoms with Gasteiger partial charge in [0.2, 0.25) is 0 Å². The molecule has 0 aromatic heterocycles. The number of amides is 1. The zero-order valence-electron chi connectivity index (χ0n) is 15.8. The average Bonchev–Trinajstić information content (AvgIpc) is 2.46. The topological polar surface area (TPSA) is 64.6 Å². The molecule has 0 aliphatic rings. The highest BCUT2D eigenvalue weighted by Crippen LogP contribution is 2.21. The molecule has 24 heavy (non-hydrogen) atoms. The van der Waals surface area contributed by atoms with E-state index in [1.165, 1.54) is 10.5 Å². The van der Waals surface area contributed by atoms with E-state index in [4.69, 9.17) is 4.74 Å². The van der Waals surface area contributed by atoms with Crippen LogP contribution in [0.1, 0.15) is 45.2 Å². The van der Waals surface area contributed by atoms with Gasteiger partial charge in [-0.2, -0.15) is 0 Å². The van der Waals surface area contributed by atoms with Crippen LogP contribution in [0.2, 0.25) is 0 Å². The molecule has 0 unspecified atom stereocenters. The maximum absolute atomic E-state index is 12.1. The number of ether oxygens (including phenoxy) is 1. The molecule has 0 fully saturated rings. The van der Waals surface area contributed by atoms with Crippen molar-refractivity contribution >= 4 is 17.5 Å². The molecule has 0 radical (unpaired) electrons. The highest BCUT2D eigenvalue weighted by molar-refractivity contribution is 7.90. The summed E-state index contributed by atoms with van der Waals surface area (Å²) in [5.74, 6) is 0.581. The van der Waals surface area contributed by atoms with E-state index < -0.39 is 11.4 Å². The van der Waals surface area contributed by atoms with Gasteiger partial charge in [-0.1, -0.05) is 12.1 Å². The average molecular weight is 355 g/mol. The molecule has 0 heterocycles. The quantitative estimate of drug-likeness (QED) is 0.795. The van der Waals surface area contributed by atoms with Crippen LogP contribution in [0.4, 0.5) is 4.79 Å². The minimum Gasteiger partial charge on any atom is -0.598 e. The molecule has 1 aromatic rings. The molecule has 0 saturated carbocycles. The van der Waals surface area contributed by atoms with E-state index in [2.05, 4.69) is 4.72 Å². The number of rotatable bonds is 6. The van der Waals surface area contributed by atoms with Crippen LogP contribution < -0.4 is 9.46 Å². The third kappa shape index (κ3) is 6.71. The Balaban J connectivity index is 2.58. The molecule has 2 atom stereocenters. The Hall–Kier alpha value is -1.24. The number of carbonyl (C=O) groups excluding carboxylic acids is 1. The molecule has 0 aliphatic heterocycles. The molecule has 0 aliphatic carbocycles. The van der Waals surface area contributed by atoms with E-state index in [1.54, 1.807) is 14.1 Å². The summed E-state index contributed by atoms with van der Waals surface area (Å²) < 4.78 is 20.3. The Morgan fingerprint density at radius 3 is 2.50 bits per heavy atom. The van der Waals surface area contributed by atoms with Gasteiger partial charge in [0.05, 0.1) is 6.04 Å². The second kappa shape index (κ2) is 8.74. The predicted molar refractivity (Wildman–Crippen MR) is 99.7 cm³/mol. The minimum atomic E-state index is -1.06. The van der Waals surface area contributed by atoms with E-state index in [-0.39, 0.29) is 16.9 Å². The number of benzene rings is 1. The van der Waals surface area contributed by atoms with Crippen LogP contribution in [-0.4, -0.2) is 40.4 Å². The molecule has 0 bridgehead atoms. The highest BCUT2D eigenvalue weighted by Gasteiger charge is 2.27. The fourth-order valence-corrected chi connectivity index (χ4v) is 2.81. The molecule has 6 heteroatoms. The van der Waals surface area contributed by atoms with Gasteiger partial charge in [0.15, 0.2) is 0 Å². The molecule has 1 rings (SSSR count). The fourth-order valence-electron chi connectivity index (χ4n) is 1.97. The van der Waals surface area contributed by atoms with Crippen molar-refractivity contribution in [2.45, 2.75) is 58.2 Å². The van der Waals surface area contributed by atoms with E-state index in [0.717, 1.165) is 18.4 Å². The molecule has 1 N–H and O–H groups in total. The summed E-state index contributed by atoms with van der Waals surface area (Å²) >= 11 is -1.06. The van der Waals surface area contributed by atoms with Gasteiger partial charge < -0.3 is 14.2 Å². The van der Waals surface area contributed by atoms with E-state index in [1.807, 2.05) is 52.8 Å². The van der Waals surface area contributed by atoms with Crippen molar-refractivity contribution in [3.63, 3.8) is 0 Å². The van der Waals surface area contributed by atoms with Crippen molar-refractivity contribution in [3.8, 4) is 5.75 Å². The molecule has 0 saturated heterocycles. The number of hydrogen-bond donors (Lipinski definition) is 1. The number of nitrogens with zero attached hydrogens (tertiary/aromatic N) is 1. The largest absolute Gasteiger partial charge is 0.598 e. The van der Waals surface area contributed by atoms with Gasteiger partial charge in [0.25, 0.3) is 0 Å². The smallest absolute Gasteiger partial charge is 0.414 e. The summed E-state index contributed by atoms with van der Waals surface area (Å²) in [5.41, 5.74) is 2.11. The van der Waals surface area contributed by atoms with Gasteiger partial charge in [-0.3, -0.25) is 0 Å². The van der Waals surface area contributed by atoms with Crippen molar-refractivity contribution in [2.75, 3.05) is 14.1 Å². The number of carbonyl (C=O) groups is 1. The second-order valence-electron chi connectivity index (χ2n) is 7.30. The predicted octanol–water partition coefficient (Wildman–Crippen LogP) is 3.43. The molecule has 0 spiro atoms. The van der Waals surface area contributed by atoms with Crippen molar-refractivity contribution in [1.82, 2.24) is 9.62 Å². The third-order valence-electron chi connectivity index (χ3n) is 3.53. The lowest BCUT2D eigenvalue weighted by molar-refractivity contribution is 0.171. The monoisotopic (exact) mass is 354 g/mol. The van der Waals surface area contributed by atoms with Crippen LogP contribution in [0.3, 0.4) is 0 Å². The standard InChI is InChI=1S/C18H30N2O3S/c1-13-12-15(10-11-16(13)23-17(21)20(6)7)9-8-14(2)19-24(22)18(3,4)5/h10-12,14,19H,8-9H2,1-7H3/t14-,24-/m1/s1. The van der Waals surface area contributed by atoms with Gasteiger partial charge in [-0.25, -0.2) is 4.79 Å². The normalized spacial score (nSPS) is 14.2. The molecule has 5 nitrogen and oxygen atoms in total. The van der Waals surface area contributed by atoms with Crippen molar-refractivity contribution in [1.29, 1.82) is 0 Å². The molecule has 136 valence electrons. The van der Waals surface area contributed by atoms with Crippen LogP contribution in [-0.2, 0) is 17.8 Å². The summed E-state index contributed by atoms with van der Waals surface area (Å²) in [4.78, 5) is 13.0. The molecule has 1 amide bonds. The first kappa shape index (κ1) is 20.8. The van der Waals surface area contributed by atoms with Gasteiger partial charge in [0, 0.05) is 25.5 Å². The highest BCUT2D eigenvalue weighted by atomic mass is 32.2. The molecular weight excluding hydrogens is 324 g/mol. The van der Waals surface area contributed by atoms with E-state index in [9.17, 15) is 9.35 Å². The Morgan fingerprint density at radius 1 is 1.38 bits per heavy atom. The Bertz CT molecular complexity index is 556. The van der Waals surface area contributed by atoms with Crippen LogP contribution >= 0.6 is 0 Å². The zero-order valence-corrected chi connectivity index (χ0v) is 16.6. The van der Waals surface area contributed by atoms with Gasteiger partial charge >= 0.3 is 6.09 Å². The lowest BCUT2D eigenvalue weighted by Gasteiger charge is -2.26. The van der Waals surface area contributed by atoms with Crippen molar-refractivity contribution in [3.05, 3.63) is 29.3 Å². The van der Waals surface area contributed by atoms with Crippen molar-refractivity contribution in [2.24, 2.45) is 0 Å². The fraction of sp³-hybridized carbons (Fsp3) is 0.611. The van der Waals surface area contributed by atoms with Gasteiger partial charge in [0.1, 0.15) is 10.5 Å². The van der Waals surface area contributed by atoms with Gasteiger partial charge in [-0.15, -0.1) is 4.72 Å². The maximum Gasteiger partial charge on any atom is 0.414 e. The minimum absolute atomic E-state index is 0.164. The zero-order chi connectivity index (χ0) is 18.5. The van der Waals surface area contributed by atoms with Crippen LogP contribution in [0, 0.1) is 6.92 Å². The van der Waals surface area contributed by atoms with Crippen LogP contribution in [0.5, 0.6) is 5.75 Å². The Morgan fingerprint density at radius 2 is 2.00 bits per heavy atom.